The Kier molecular flexibility index (Phi) is 8.50. The van der Waals surface area contributed by atoms with Crippen molar-refractivity contribution in [3.05, 3.63) is 98.0 Å². The zero-order valence-corrected chi connectivity index (χ0v) is 29.7. The lowest BCUT2D eigenvalue weighted by Gasteiger charge is -2.43. The normalized spacial score (nSPS) is 25.6. The Hall–Kier alpha value is -4.88. The summed E-state index contributed by atoms with van der Waals surface area (Å²) >= 11 is 2.79. The summed E-state index contributed by atoms with van der Waals surface area (Å²) in [4.78, 5) is 70.9. The lowest BCUT2D eigenvalue weighted by Crippen LogP contribution is -2.42. The topological polar surface area (TPSA) is 144 Å². The van der Waals surface area contributed by atoms with Crippen LogP contribution >= 0.6 is 23.1 Å². The van der Waals surface area contributed by atoms with Crippen LogP contribution in [-0.2, 0) is 19.1 Å². The van der Waals surface area contributed by atoms with Gasteiger partial charge in [-0.1, -0.05) is 29.5 Å². The maximum Gasteiger partial charge on any atom is 0.338 e. The minimum absolute atomic E-state index is 0.00845. The van der Waals surface area contributed by atoms with E-state index in [1.807, 2.05) is 43.3 Å². The van der Waals surface area contributed by atoms with Crippen LogP contribution in [0.3, 0.4) is 0 Å². The molecule has 2 bridgehead atoms. The summed E-state index contributed by atoms with van der Waals surface area (Å²) in [5, 5.41) is 3.66. The number of carbonyl (C=O) groups is 4. The molecule has 8 rings (SSSR count). The van der Waals surface area contributed by atoms with Crippen molar-refractivity contribution in [1.82, 2.24) is 4.98 Å². The number of esters is 1. The molecule has 3 fully saturated rings. The van der Waals surface area contributed by atoms with E-state index in [1.54, 1.807) is 49.0 Å². The fourth-order valence-electron chi connectivity index (χ4n) is 8.67. The van der Waals surface area contributed by atoms with Crippen LogP contribution in [0.4, 0.5) is 11.4 Å². The van der Waals surface area contributed by atoms with E-state index >= 15 is 0 Å². The SMILES string of the molecule is CCOC(=O)c1ccc(N2C(=O)[C@H]3[C@H]4C[C@@H]([C@@H]3C2=O)[C@@H]2[C@H](c3ccc(OCC(=O)Nc5cccc(C)c5)c(OC)c3)c3sc(=O)[nH]c3S[C@H]42)cc1. The Bertz CT molecular complexity index is 2130. The van der Waals surface area contributed by atoms with E-state index in [0.717, 1.165) is 27.5 Å². The number of nitrogens with one attached hydrogen (secondary N) is 2. The standard InChI is InChI=1S/C38H35N3O8S2/c1-4-48-37(45)19-8-11-22(12-9-19)41-35(43)30-23-16-24(31(30)36(41)44)32-29(23)28(33-34(50-32)40-38(46)51-33)20-10-13-25(26(15-20)47-3)49-17-27(42)39-21-7-5-6-18(2)14-21/h5-15,23-24,28-32H,4,16-17H2,1-3H3,(H,39,42)(H,40,46)/t23-,24-,28+,29-,30+,31+,32-/m1/s1. The molecule has 0 unspecified atom stereocenters. The smallest absolute Gasteiger partial charge is 0.338 e. The number of thioether (sulfide) groups is 1. The fraction of sp³-hybridized carbons (Fsp3) is 0.342. The molecule has 0 radical (unpaired) electrons. The number of aromatic nitrogens is 1. The average Bonchev–Trinajstić information content (AvgIpc) is 3.86. The molecule has 1 saturated heterocycles. The van der Waals surface area contributed by atoms with Crippen molar-refractivity contribution in [1.29, 1.82) is 0 Å². The van der Waals surface area contributed by atoms with Gasteiger partial charge in [-0.15, -0.1) is 11.8 Å². The first kappa shape index (κ1) is 33.3. The highest BCUT2D eigenvalue weighted by Gasteiger charge is 2.69. The number of hydrogen-bond acceptors (Lipinski definition) is 10. The van der Waals surface area contributed by atoms with Crippen LogP contribution < -0.4 is 24.6 Å². The first-order valence-electron chi connectivity index (χ1n) is 16.9. The van der Waals surface area contributed by atoms with Gasteiger partial charge in [0.2, 0.25) is 11.8 Å². The molecule has 2 aliphatic heterocycles. The molecule has 2 saturated carbocycles. The molecule has 3 aromatic carbocycles. The summed E-state index contributed by atoms with van der Waals surface area (Å²) < 4.78 is 16.7. The Morgan fingerprint density at radius 3 is 2.45 bits per heavy atom. The van der Waals surface area contributed by atoms with Gasteiger partial charge in [-0.25, -0.2) is 4.79 Å². The van der Waals surface area contributed by atoms with Crippen molar-refractivity contribution in [3.63, 3.8) is 0 Å². The quantitative estimate of drug-likeness (QED) is 0.166. The molecule has 0 spiro atoms. The van der Waals surface area contributed by atoms with E-state index < -0.39 is 17.8 Å². The number of ether oxygens (including phenoxy) is 3. The summed E-state index contributed by atoms with van der Waals surface area (Å²) in [6.07, 6.45) is 0.745. The summed E-state index contributed by atoms with van der Waals surface area (Å²) in [6.45, 7) is 3.71. The lowest BCUT2D eigenvalue weighted by atomic mass is 9.68. The van der Waals surface area contributed by atoms with Crippen LogP contribution in [0.15, 0.2) is 76.6 Å². The molecule has 3 heterocycles. The number of H-pyrrole nitrogens is 1. The third kappa shape index (κ3) is 5.63. The number of anilines is 2. The van der Waals surface area contributed by atoms with Gasteiger partial charge in [-0.05, 0) is 97.7 Å². The summed E-state index contributed by atoms with van der Waals surface area (Å²) in [6, 6.07) is 19.5. The van der Waals surface area contributed by atoms with Gasteiger partial charge in [0.1, 0.15) is 0 Å². The van der Waals surface area contributed by atoms with Crippen LogP contribution in [-0.4, -0.2) is 54.2 Å². The summed E-state index contributed by atoms with van der Waals surface area (Å²) in [5.74, 6) is -1.66. The van der Waals surface area contributed by atoms with Gasteiger partial charge in [0, 0.05) is 21.7 Å². The minimum Gasteiger partial charge on any atom is -0.493 e. The molecule has 1 aromatic heterocycles. The number of imide groups is 1. The van der Waals surface area contributed by atoms with Gasteiger partial charge in [0.25, 0.3) is 5.91 Å². The second-order valence-corrected chi connectivity index (χ2v) is 15.6. The molecule has 262 valence electrons. The number of aryl methyl sites for hydroxylation is 1. The fourth-order valence-corrected chi connectivity index (χ4v) is 11.6. The molecule has 4 aliphatic rings. The van der Waals surface area contributed by atoms with Crippen LogP contribution in [0, 0.1) is 36.5 Å². The van der Waals surface area contributed by atoms with Gasteiger partial charge in [-0.2, -0.15) is 0 Å². The van der Waals surface area contributed by atoms with Gasteiger partial charge >= 0.3 is 10.8 Å². The molecule has 7 atom stereocenters. The number of aromatic amines is 1. The van der Waals surface area contributed by atoms with Gasteiger partial charge < -0.3 is 24.5 Å². The first-order valence-corrected chi connectivity index (χ1v) is 18.6. The van der Waals surface area contributed by atoms with Gasteiger partial charge in [-0.3, -0.25) is 24.1 Å². The van der Waals surface area contributed by atoms with Crippen LogP contribution in [0.1, 0.15) is 45.6 Å². The molecule has 51 heavy (non-hydrogen) atoms. The summed E-state index contributed by atoms with van der Waals surface area (Å²) in [5.41, 5.74) is 3.40. The molecule has 13 heteroatoms. The summed E-state index contributed by atoms with van der Waals surface area (Å²) in [7, 11) is 1.54. The number of benzene rings is 3. The average molecular weight is 726 g/mol. The monoisotopic (exact) mass is 725 g/mol. The highest BCUT2D eigenvalue weighted by molar-refractivity contribution is 8.00. The van der Waals surface area contributed by atoms with Crippen molar-refractivity contribution >= 4 is 58.2 Å². The molecule has 4 aromatic rings. The van der Waals surface area contributed by atoms with E-state index in [2.05, 4.69) is 10.3 Å². The highest BCUT2D eigenvalue weighted by atomic mass is 32.2. The number of carbonyl (C=O) groups excluding carboxylic acids is 4. The zero-order chi connectivity index (χ0) is 35.6. The number of thiazole rings is 1. The number of methoxy groups -OCH3 is 1. The van der Waals surface area contributed by atoms with E-state index in [-0.39, 0.29) is 64.7 Å². The lowest BCUT2D eigenvalue weighted by molar-refractivity contribution is -0.123. The van der Waals surface area contributed by atoms with E-state index in [0.29, 0.717) is 28.4 Å². The number of rotatable bonds is 9. The third-order valence-electron chi connectivity index (χ3n) is 10.6. The number of fused-ring (bicyclic) bond motifs is 9. The van der Waals surface area contributed by atoms with Crippen molar-refractivity contribution in [2.24, 2.45) is 29.6 Å². The molecule has 3 amide bonds. The molecular formula is C38H35N3O8S2. The van der Waals surface area contributed by atoms with Crippen molar-refractivity contribution in [2.75, 3.05) is 30.5 Å². The van der Waals surface area contributed by atoms with Crippen molar-refractivity contribution < 1.29 is 33.4 Å². The molecule has 11 nitrogen and oxygen atoms in total. The Morgan fingerprint density at radius 1 is 0.961 bits per heavy atom. The number of nitrogens with zero attached hydrogens (tertiary/aromatic N) is 1. The Balaban J connectivity index is 1.07. The van der Waals surface area contributed by atoms with E-state index in [1.165, 1.54) is 23.3 Å². The molecule has 2 N–H and O–H groups in total. The van der Waals surface area contributed by atoms with Gasteiger partial charge in [0.15, 0.2) is 18.1 Å². The van der Waals surface area contributed by atoms with E-state index in [9.17, 15) is 24.0 Å². The predicted octanol–water partition coefficient (Wildman–Crippen LogP) is 5.63. The number of hydrogen-bond donors (Lipinski definition) is 2. The second kappa shape index (κ2) is 13.0. The maximum atomic E-state index is 14.2. The van der Waals surface area contributed by atoms with E-state index in [4.69, 9.17) is 14.2 Å². The van der Waals surface area contributed by atoms with Crippen LogP contribution in [0.2, 0.25) is 0 Å². The minimum atomic E-state index is -0.481. The van der Waals surface area contributed by atoms with Crippen molar-refractivity contribution in [3.8, 4) is 11.5 Å². The second-order valence-electron chi connectivity index (χ2n) is 13.4. The molecular weight excluding hydrogens is 691 g/mol. The Morgan fingerprint density at radius 2 is 1.73 bits per heavy atom. The maximum absolute atomic E-state index is 14.2. The zero-order valence-electron chi connectivity index (χ0n) is 28.0. The highest BCUT2D eigenvalue weighted by Crippen LogP contribution is 2.68. The number of amides is 3. The predicted molar refractivity (Wildman–Crippen MR) is 192 cm³/mol. The van der Waals surface area contributed by atoms with Crippen LogP contribution in [0.25, 0.3) is 0 Å². The Labute approximate surface area is 301 Å². The third-order valence-corrected chi connectivity index (χ3v) is 13.2. The molecule has 2 aliphatic carbocycles. The van der Waals surface area contributed by atoms with Crippen molar-refractivity contribution in [2.45, 2.75) is 36.5 Å². The largest absolute Gasteiger partial charge is 0.493 e. The van der Waals surface area contributed by atoms with Gasteiger partial charge in [0.05, 0.1) is 41.8 Å². The van der Waals surface area contributed by atoms with Crippen LogP contribution in [0.5, 0.6) is 11.5 Å². The first-order chi connectivity index (χ1) is 24.7.